The van der Waals surface area contributed by atoms with Gasteiger partial charge in [0, 0.05) is 24.4 Å². The summed E-state index contributed by atoms with van der Waals surface area (Å²) in [5.74, 6) is 2.84. The zero-order valence-electron chi connectivity index (χ0n) is 10.8. The fourth-order valence-corrected chi connectivity index (χ4v) is 4.60. The molecule has 0 N–H and O–H groups in total. The number of hydrogen-bond acceptors (Lipinski definition) is 3. The van der Waals surface area contributed by atoms with Gasteiger partial charge in [0.1, 0.15) is 15.7 Å². The Hall–Kier alpha value is -0.840. The predicted octanol–water partition coefficient (Wildman–Crippen LogP) is 1.76. The van der Waals surface area contributed by atoms with Gasteiger partial charge in [-0.1, -0.05) is 6.92 Å². The molecule has 3 rings (SSSR count). The maximum Gasteiger partial charge on any atom is 0.150 e. The highest BCUT2D eigenvalue weighted by Gasteiger charge is 2.29. The van der Waals surface area contributed by atoms with Crippen molar-refractivity contribution in [1.29, 1.82) is 0 Å². The summed E-state index contributed by atoms with van der Waals surface area (Å²) in [5.41, 5.74) is 1.33. The van der Waals surface area contributed by atoms with Crippen LogP contribution in [0.2, 0.25) is 0 Å². The van der Waals surface area contributed by atoms with Gasteiger partial charge >= 0.3 is 0 Å². The first-order valence-corrected chi connectivity index (χ1v) is 8.62. The number of hydrogen-bond donors (Lipinski definition) is 0. The Labute approximate surface area is 108 Å². The third-order valence-corrected chi connectivity index (χ3v) is 5.99. The second-order valence-corrected chi connectivity index (χ2v) is 8.09. The van der Waals surface area contributed by atoms with E-state index in [1.165, 1.54) is 12.1 Å². The summed E-state index contributed by atoms with van der Waals surface area (Å²) in [6.07, 6.45) is 5.83. The molecule has 4 nitrogen and oxygen atoms in total. The van der Waals surface area contributed by atoms with Crippen LogP contribution in [-0.4, -0.2) is 29.5 Å². The van der Waals surface area contributed by atoms with Crippen molar-refractivity contribution in [1.82, 2.24) is 9.55 Å². The maximum absolute atomic E-state index is 11.5. The second-order valence-electron chi connectivity index (χ2n) is 5.79. The molecule has 0 bridgehead atoms. The number of fused-ring (bicyclic) bond motifs is 1. The topological polar surface area (TPSA) is 52.0 Å². The summed E-state index contributed by atoms with van der Waals surface area (Å²) < 4.78 is 25.3. The summed E-state index contributed by atoms with van der Waals surface area (Å²) in [7, 11) is -2.78. The second kappa shape index (κ2) is 4.37. The van der Waals surface area contributed by atoms with Crippen molar-refractivity contribution in [2.24, 2.45) is 5.92 Å². The van der Waals surface area contributed by atoms with Gasteiger partial charge in [-0.2, -0.15) is 0 Å². The van der Waals surface area contributed by atoms with Crippen LogP contribution in [0.3, 0.4) is 0 Å². The Morgan fingerprint density at radius 2 is 2.00 bits per heavy atom. The van der Waals surface area contributed by atoms with Crippen LogP contribution < -0.4 is 0 Å². The minimum atomic E-state index is -2.78. The molecular formula is C13H20N2O2S. The van der Waals surface area contributed by atoms with Gasteiger partial charge in [-0.3, -0.25) is 0 Å². The zero-order chi connectivity index (χ0) is 12.8. The standard InChI is InChI=1S/C13H20N2O2S/c1-10-2-3-12-8-14-13(15(12)9-10)11-4-6-18(16,17)7-5-11/h8,10-11H,2-7,9H2,1H3. The number of rotatable bonds is 1. The zero-order valence-corrected chi connectivity index (χ0v) is 11.6. The van der Waals surface area contributed by atoms with E-state index in [1.807, 2.05) is 6.20 Å². The normalized spacial score (nSPS) is 27.9. The van der Waals surface area contributed by atoms with Gasteiger partial charge in [0.2, 0.25) is 0 Å². The van der Waals surface area contributed by atoms with Crippen LogP contribution in [0.25, 0.3) is 0 Å². The van der Waals surface area contributed by atoms with Gasteiger partial charge in [0.25, 0.3) is 0 Å². The Morgan fingerprint density at radius 3 is 2.72 bits per heavy atom. The van der Waals surface area contributed by atoms with Crippen LogP contribution >= 0.6 is 0 Å². The van der Waals surface area contributed by atoms with Crippen molar-refractivity contribution in [3.63, 3.8) is 0 Å². The Morgan fingerprint density at radius 1 is 1.28 bits per heavy atom. The molecule has 18 heavy (non-hydrogen) atoms. The molecule has 1 atom stereocenters. The first-order valence-electron chi connectivity index (χ1n) is 6.80. The molecule has 0 aromatic carbocycles. The van der Waals surface area contributed by atoms with Crippen LogP contribution in [0.4, 0.5) is 0 Å². The van der Waals surface area contributed by atoms with Crippen LogP contribution in [-0.2, 0) is 22.8 Å². The average molecular weight is 268 g/mol. The van der Waals surface area contributed by atoms with Gasteiger partial charge in [-0.05, 0) is 31.6 Å². The fraction of sp³-hybridized carbons (Fsp3) is 0.769. The molecule has 5 heteroatoms. The van der Waals surface area contributed by atoms with Crippen LogP contribution in [0.15, 0.2) is 6.20 Å². The van der Waals surface area contributed by atoms with Crippen molar-refractivity contribution < 1.29 is 8.42 Å². The molecule has 2 aliphatic heterocycles. The van der Waals surface area contributed by atoms with Gasteiger partial charge in [0.05, 0.1) is 11.5 Å². The van der Waals surface area contributed by atoms with Crippen LogP contribution in [0.1, 0.15) is 43.6 Å². The quantitative estimate of drug-likeness (QED) is 0.780. The summed E-state index contributed by atoms with van der Waals surface area (Å²) >= 11 is 0. The van der Waals surface area contributed by atoms with Gasteiger partial charge in [-0.15, -0.1) is 0 Å². The van der Waals surface area contributed by atoms with Gasteiger partial charge < -0.3 is 4.57 Å². The molecule has 1 aromatic rings. The third-order valence-electron chi connectivity index (χ3n) is 4.28. The summed E-state index contributed by atoms with van der Waals surface area (Å²) in [6.45, 7) is 3.33. The molecule has 0 amide bonds. The predicted molar refractivity (Wildman–Crippen MR) is 70.3 cm³/mol. The first kappa shape index (κ1) is 12.2. The lowest BCUT2D eigenvalue weighted by atomic mass is 9.98. The van der Waals surface area contributed by atoms with Crippen molar-refractivity contribution in [2.75, 3.05) is 11.5 Å². The average Bonchev–Trinajstić information content (AvgIpc) is 2.72. The van der Waals surface area contributed by atoms with Gasteiger partial charge in [-0.25, -0.2) is 13.4 Å². The van der Waals surface area contributed by atoms with E-state index in [4.69, 9.17) is 0 Å². The lowest BCUT2D eigenvalue weighted by Gasteiger charge is -2.27. The van der Waals surface area contributed by atoms with Crippen molar-refractivity contribution in [3.05, 3.63) is 17.7 Å². The minimum Gasteiger partial charge on any atom is -0.332 e. The number of nitrogens with zero attached hydrogens (tertiary/aromatic N) is 2. The smallest absolute Gasteiger partial charge is 0.150 e. The molecule has 0 aliphatic carbocycles. The highest BCUT2D eigenvalue weighted by molar-refractivity contribution is 7.91. The lowest BCUT2D eigenvalue weighted by molar-refractivity contribution is 0.379. The van der Waals surface area contributed by atoms with E-state index in [9.17, 15) is 8.42 Å². The van der Waals surface area contributed by atoms with E-state index < -0.39 is 9.84 Å². The molecule has 0 saturated carbocycles. The fourth-order valence-electron chi connectivity index (χ4n) is 3.11. The van der Waals surface area contributed by atoms with Crippen molar-refractivity contribution in [2.45, 2.75) is 45.1 Å². The molecular weight excluding hydrogens is 248 g/mol. The molecule has 0 radical (unpaired) electrons. The minimum absolute atomic E-state index is 0.329. The summed E-state index contributed by atoms with van der Waals surface area (Å²) in [6, 6.07) is 0. The highest BCUT2D eigenvalue weighted by atomic mass is 32.2. The van der Waals surface area contributed by atoms with Crippen molar-refractivity contribution >= 4 is 9.84 Å². The summed E-state index contributed by atoms with van der Waals surface area (Å²) in [4.78, 5) is 4.57. The molecule has 1 aromatic heterocycles. The molecule has 1 saturated heterocycles. The van der Waals surface area contributed by atoms with E-state index in [-0.39, 0.29) is 0 Å². The Bertz CT molecular complexity index is 533. The number of aromatic nitrogens is 2. The monoisotopic (exact) mass is 268 g/mol. The number of sulfone groups is 1. The molecule has 2 aliphatic rings. The Kier molecular flexibility index (Phi) is 2.96. The summed E-state index contributed by atoms with van der Waals surface area (Å²) in [5, 5.41) is 0. The van der Waals surface area contributed by atoms with E-state index in [0.717, 1.165) is 31.6 Å². The van der Waals surface area contributed by atoms with E-state index in [1.54, 1.807) is 0 Å². The molecule has 1 fully saturated rings. The Balaban J connectivity index is 1.84. The first-order chi connectivity index (χ1) is 8.55. The molecule has 0 spiro atoms. The van der Waals surface area contributed by atoms with E-state index in [0.29, 0.717) is 23.3 Å². The number of imidazole rings is 1. The molecule has 100 valence electrons. The van der Waals surface area contributed by atoms with Crippen molar-refractivity contribution in [3.8, 4) is 0 Å². The lowest BCUT2D eigenvalue weighted by Crippen LogP contribution is -2.26. The van der Waals surface area contributed by atoms with Crippen LogP contribution in [0, 0.1) is 5.92 Å². The SMILES string of the molecule is CC1CCc2cnc(C3CCS(=O)(=O)CC3)n2C1. The number of aryl methyl sites for hydroxylation is 1. The maximum atomic E-state index is 11.5. The van der Waals surface area contributed by atoms with Gasteiger partial charge in [0.15, 0.2) is 0 Å². The third kappa shape index (κ3) is 2.20. The highest BCUT2D eigenvalue weighted by Crippen LogP contribution is 2.31. The molecule has 3 heterocycles. The van der Waals surface area contributed by atoms with E-state index >= 15 is 0 Å². The molecule has 1 unspecified atom stereocenters. The van der Waals surface area contributed by atoms with E-state index in [2.05, 4.69) is 16.5 Å². The largest absolute Gasteiger partial charge is 0.332 e. The van der Waals surface area contributed by atoms with Crippen LogP contribution in [0.5, 0.6) is 0 Å².